The summed E-state index contributed by atoms with van der Waals surface area (Å²) in [6.45, 7) is 3.34. The molecule has 0 spiro atoms. The van der Waals surface area contributed by atoms with E-state index >= 15 is 0 Å². The van der Waals surface area contributed by atoms with Gasteiger partial charge >= 0.3 is 0 Å². The highest BCUT2D eigenvalue weighted by Gasteiger charge is 2.42. The fourth-order valence-corrected chi connectivity index (χ4v) is 3.88. The SMILES string of the molecule is O=C1C(c2ccc(F)cc2)=C(N2CCN(CCO)CC2)C(=O)N1Cc1ccncc1. The third-order valence-electron chi connectivity index (χ3n) is 5.47. The highest BCUT2D eigenvalue weighted by molar-refractivity contribution is 6.35. The van der Waals surface area contributed by atoms with Crippen molar-refractivity contribution in [3.63, 3.8) is 0 Å². The van der Waals surface area contributed by atoms with Gasteiger partial charge in [-0.05, 0) is 35.4 Å². The molecule has 0 atom stereocenters. The smallest absolute Gasteiger partial charge is 0.278 e. The molecule has 0 unspecified atom stereocenters. The number of rotatable bonds is 6. The Bertz CT molecular complexity index is 954. The molecule has 2 aliphatic rings. The lowest BCUT2D eigenvalue weighted by Crippen LogP contribution is -2.48. The van der Waals surface area contributed by atoms with Crippen molar-refractivity contribution in [2.45, 2.75) is 6.54 Å². The standard InChI is InChI=1S/C22H23FN4O3/c23-18-3-1-17(2-4-18)19-20(26-11-9-25(10-12-26)13-14-28)22(30)27(21(19)29)15-16-5-7-24-8-6-16/h1-8,28H,9-15H2. The van der Waals surface area contributed by atoms with Crippen molar-refractivity contribution in [3.05, 3.63) is 71.4 Å². The first-order valence-electron chi connectivity index (χ1n) is 9.92. The summed E-state index contributed by atoms with van der Waals surface area (Å²) in [6.07, 6.45) is 3.24. The number of pyridine rings is 1. The molecule has 1 N–H and O–H groups in total. The van der Waals surface area contributed by atoms with E-state index in [-0.39, 0.29) is 25.0 Å². The quantitative estimate of drug-likeness (QED) is 0.719. The van der Waals surface area contributed by atoms with Crippen LogP contribution >= 0.6 is 0 Å². The number of aliphatic hydroxyl groups is 1. The number of carbonyl (C=O) groups is 2. The van der Waals surface area contributed by atoms with E-state index in [0.717, 1.165) is 5.56 Å². The van der Waals surface area contributed by atoms with Crippen LogP contribution < -0.4 is 0 Å². The van der Waals surface area contributed by atoms with Crippen LogP contribution in [-0.4, -0.2) is 75.9 Å². The highest BCUT2D eigenvalue weighted by Crippen LogP contribution is 2.33. The van der Waals surface area contributed by atoms with E-state index in [1.54, 1.807) is 24.5 Å². The molecule has 8 heteroatoms. The van der Waals surface area contributed by atoms with Crippen molar-refractivity contribution in [1.82, 2.24) is 19.7 Å². The molecule has 1 aromatic carbocycles. The number of benzene rings is 1. The van der Waals surface area contributed by atoms with Crippen LogP contribution in [0.1, 0.15) is 11.1 Å². The molecular weight excluding hydrogens is 387 g/mol. The van der Waals surface area contributed by atoms with Crippen molar-refractivity contribution in [3.8, 4) is 0 Å². The van der Waals surface area contributed by atoms with Crippen LogP contribution in [0.25, 0.3) is 5.57 Å². The van der Waals surface area contributed by atoms with Gasteiger partial charge in [0, 0.05) is 45.1 Å². The van der Waals surface area contributed by atoms with E-state index in [9.17, 15) is 14.0 Å². The number of halogens is 1. The van der Waals surface area contributed by atoms with Gasteiger partial charge in [-0.15, -0.1) is 0 Å². The Labute approximate surface area is 174 Å². The van der Waals surface area contributed by atoms with Crippen molar-refractivity contribution in [2.75, 3.05) is 39.3 Å². The number of hydrogen-bond donors (Lipinski definition) is 1. The molecule has 4 rings (SSSR count). The minimum absolute atomic E-state index is 0.0840. The van der Waals surface area contributed by atoms with Gasteiger partial charge in [-0.1, -0.05) is 12.1 Å². The normalized spacial score (nSPS) is 17.9. The Morgan fingerprint density at radius 3 is 2.23 bits per heavy atom. The predicted octanol–water partition coefficient (Wildman–Crippen LogP) is 1.11. The number of aliphatic hydroxyl groups excluding tert-OH is 1. The molecular formula is C22H23FN4O3. The second-order valence-electron chi connectivity index (χ2n) is 7.33. The Kier molecular flexibility index (Phi) is 5.87. The van der Waals surface area contributed by atoms with Gasteiger partial charge in [0.1, 0.15) is 11.5 Å². The molecule has 1 saturated heterocycles. The second-order valence-corrected chi connectivity index (χ2v) is 7.33. The summed E-state index contributed by atoms with van der Waals surface area (Å²) in [5.41, 5.74) is 2.01. The van der Waals surface area contributed by atoms with E-state index in [0.29, 0.717) is 49.6 Å². The topological polar surface area (TPSA) is 77.0 Å². The number of nitrogens with zero attached hydrogens (tertiary/aromatic N) is 4. The first-order chi connectivity index (χ1) is 14.6. The van der Waals surface area contributed by atoms with Crippen LogP contribution in [0.2, 0.25) is 0 Å². The summed E-state index contributed by atoms with van der Waals surface area (Å²) in [6, 6.07) is 9.19. The number of aromatic nitrogens is 1. The van der Waals surface area contributed by atoms with Crippen LogP contribution in [0.15, 0.2) is 54.5 Å². The second kappa shape index (κ2) is 8.73. The first kappa shape index (κ1) is 20.2. The lowest BCUT2D eigenvalue weighted by Gasteiger charge is -2.36. The molecule has 2 aromatic rings. The van der Waals surface area contributed by atoms with Gasteiger partial charge in [0.2, 0.25) is 0 Å². The molecule has 1 fully saturated rings. The monoisotopic (exact) mass is 410 g/mol. The molecule has 0 bridgehead atoms. The van der Waals surface area contributed by atoms with Gasteiger partial charge in [0.25, 0.3) is 11.8 Å². The van der Waals surface area contributed by atoms with Crippen molar-refractivity contribution in [2.24, 2.45) is 0 Å². The van der Waals surface area contributed by atoms with Gasteiger partial charge in [0.15, 0.2) is 0 Å². The molecule has 7 nitrogen and oxygen atoms in total. The molecule has 0 saturated carbocycles. The van der Waals surface area contributed by atoms with E-state index in [4.69, 9.17) is 5.11 Å². The maximum Gasteiger partial charge on any atom is 0.278 e. The average molecular weight is 410 g/mol. The maximum absolute atomic E-state index is 13.5. The fourth-order valence-electron chi connectivity index (χ4n) is 3.88. The number of amides is 2. The molecule has 156 valence electrons. The molecule has 2 amide bonds. The number of carbonyl (C=O) groups excluding carboxylic acids is 2. The van der Waals surface area contributed by atoms with E-state index in [1.807, 2.05) is 4.90 Å². The van der Waals surface area contributed by atoms with Crippen molar-refractivity contribution < 1.29 is 19.1 Å². The maximum atomic E-state index is 13.5. The van der Waals surface area contributed by atoms with Crippen LogP contribution in [0.3, 0.4) is 0 Å². The van der Waals surface area contributed by atoms with Crippen LogP contribution in [-0.2, 0) is 16.1 Å². The van der Waals surface area contributed by atoms with Crippen LogP contribution in [0, 0.1) is 5.82 Å². The zero-order chi connectivity index (χ0) is 21.1. The number of β-amino-alcohol motifs (C(OH)–C–C–N with tert-alkyl or cyclic N) is 1. The van der Waals surface area contributed by atoms with E-state index < -0.39 is 5.82 Å². The van der Waals surface area contributed by atoms with Crippen molar-refractivity contribution >= 4 is 17.4 Å². The highest BCUT2D eigenvalue weighted by atomic mass is 19.1. The van der Waals surface area contributed by atoms with E-state index in [2.05, 4.69) is 9.88 Å². The lowest BCUT2D eigenvalue weighted by molar-refractivity contribution is -0.138. The third-order valence-corrected chi connectivity index (χ3v) is 5.47. The summed E-state index contributed by atoms with van der Waals surface area (Å²) >= 11 is 0. The van der Waals surface area contributed by atoms with Gasteiger partial charge < -0.3 is 10.0 Å². The summed E-state index contributed by atoms with van der Waals surface area (Å²) < 4.78 is 13.5. The predicted molar refractivity (Wildman–Crippen MR) is 108 cm³/mol. The molecule has 2 aliphatic heterocycles. The Morgan fingerprint density at radius 2 is 1.60 bits per heavy atom. The average Bonchev–Trinajstić information content (AvgIpc) is 3.01. The Hall–Kier alpha value is -3.10. The summed E-state index contributed by atoms with van der Waals surface area (Å²) in [5.74, 6) is -1.12. The number of piperazine rings is 1. The fraction of sp³-hybridized carbons (Fsp3) is 0.318. The van der Waals surface area contributed by atoms with Gasteiger partial charge in [0.05, 0.1) is 18.7 Å². The zero-order valence-corrected chi connectivity index (χ0v) is 16.5. The van der Waals surface area contributed by atoms with Gasteiger partial charge in [-0.2, -0.15) is 0 Å². The minimum Gasteiger partial charge on any atom is -0.395 e. The first-order valence-corrected chi connectivity index (χ1v) is 9.92. The van der Waals surface area contributed by atoms with Crippen LogP contribution in [0.4, 0.5) is 4.39 Å². The molecule has 0 aliphatic carbocycles. The summed E-state index contributed by atoms with van der Waals surface area (Å²) in [5, 5.41) is 9.16. The number of hydrogen-bond acceptors (Lipinski definition) is 6. The zero-order valence-electron chi connectivity index (χ0n) is 16.5. The van der Waals surface area contributed by atoms with Crippen LogP contribution in [0.5, 0.6) is 0 Å². The Morgan fingerprint density at radius 1 is 0.933 bits per heavy atom. The summed E-state index contributed by atoms with van der Waals surface area (Å²) in [7, 11) is 0. The third kappa shape index (κ3) is 3.96. The molecule has 1 aromatic heterocycles. The lowest BCUT2D eigenvalue weighted by atomic mass is 10.0. The number of imide groups is 1. The van der Waals surface area contributed by atoms with Gasteiger partial charge in [-0.3, -0.25) is 24.4 Å². The molecule has 30 heavy (non-hydrogen) atoms. The minimum atomic E-state index is -0.399. The molecule has 0 radical (unpaired) electrons. The Balaban J connectivity index is 1.67. The largest absolute Gasteiger partial charge is 0.395 e. The molecule has 3 heterocycles. The van der Waals surface area contributed by atoms with Gasteiger partial charge in [-0.25, -0.2) is 4.39 Å². The van der Waals surface area contributed by atoms with Crippen molar-refractivity contribution in [1.29, 1.82) is 0 Å². The van der Waals surface area contributed by atoms with E-state index in [1.165, 1.54) is 29.2 Å². The summed E-state index contributed by atoms with van der Waals surface area (Å²) in [4.78, 5) is 35.9.